The van der Waals surface area contributed by atoms with E-state index in [1.165, 1.54) is 15.9 Å². The third-order valence-electron chi connectivity index (χ3n) is 4.03. The molecule has 0 spiro atoms. The van der Waals surface area contributed by atoms with E-state index in [-0.39, 0.29) is 19.0 Å². The van der Waals surface area contributed by atoms with E-state index in [0.29, 0.717) is 21.7 Å². The van der Waals surface area contributed by atoms with Crippen LogP contribution in [0.4, 0.5) is 10.8 Å². The number of aromatic hydroxyl groups is 1. The second-order valence-corrected chi connectivity index (χ2v) is 6.75. The minimum absolute atomic E-state index is 0.100. The van der Waals surface area contributed by atoms with E-state index in [4.69, 9.17) is 4.74 Å². The Morgan fingerprint density at radius 2 is 1.96 bits per heavy atom. The molecular weight excluding hydrogens is 364 g/mol. The van der Waals surface area contributed by atoms with Gasteiger partial charge in [0.15, 0.2) is 5.69 Å². The maximum absolute atomic E-state index is 11.9. The average Bonchev–Trinajstić information content (AvgIpc) is 3.20. The molecule has 0 fully saturated rings. The molecule has 4 aromatic rings. The summed E-state index contributed by atoms with van der Waals surface area (Å²) in [4.78, 5) is 16.3. The van der Waals surface area contributed by atoms with E-state index >= 15 is 0 Å². The molecule has 0 atom stereocenters. The SMILES string of the molecule is CCOC(=O)Cn1c(O)c(N=Nc2nc3ccccc3s2)c2ccccc21. The number of para-hydroxylation sites is 2. The number of fused-ring (bicyclic) bond motifs is 2. The van der Waals surface area contributed by atoms with E-state index in [2.05, 4.69) is 15.2 Å². The highest BCUT2D eigenvalue weighted by Crippen LogP contribution is 2.40. The lowest BCUT2D eigenvalue weighted by atomic mass is 10.2. The van der Waals surface area contributed by atoms with Crippen molar-refractivity contribution in [2.24, 2.45) is 10.2 Å². The molecule has 27 heavy (non-hydrogen) atoms. The van der Waals surface area contributed by atoms with Crippen LogP contribution in [0.3, 0.4) is 0 Å². The number of carbonyl (C=O) groups excluding carboxylic acids is 1. The lowest BCUT2D eigenvalue weighted by Crippen LogP contribution is -2.12. The first kappa shape index (κ1) is 17.2. The van der Waals surface area contributed by atoms with Gasteiger partial charge >= 0.3 is 5.97 Å². The molecule has 0 unspecified atom stereocenters. The maximum Gasteiger partial charge on any atom is 0.326 e. The minimum atomic E-state index is -0.428. The quantitative estimate of drug-likeness (QED) is 0.392. The van der Waals surface area contributed by atoms with E-state index in [1.54, 1.807) is 6.92 Å². The third kappa shape index (κ3) is 3.26. The highest BCUT2D eigenvalue weighted by Gasteiger charge is 2.19. The first-order chi connectivity index (χ1) is 13.2. The van der Waals surface area contributed by atoms with Crippen molar-refractivity contribution in [2.75, 3.05) is 6.61 Å². The number of nitrogens with zero attached hydrogens (tertiary/aromatic N) is 4. The standard InChI is InChI=1S/C19H16N4O3S/c1-2-26-16(24)11-23-14-9-5-3-7-12(14)17(18(23)25)21-22-19-20-13-8-4-6-10-15(13)27-19/h3-10,25H,2,11H2,1H3. The van der Waals surface area contributed by atoms with Gasteiger partial charge in [0.25, 0.3) is 0 Å². The Labute approximate surface area is 158 Å². The molecule has 0 aliphatic rings. The van der Waals surface area contributed by atoms with Crippen LogP contribution in [0.1, 0.15) is 6.92 Å². The lowest BCUT2D eigenvalue weighted by molar-refractivity contribution is -0.143. The normalized spacial score (nSPS) is 11.6. The van der Waals surface area contributed by atoms with Crippen LogP contribution in [-0.2, 0) is 16.1 Å². The number of hydrogen-bond donors (Lipinski definition) is 1. The molecule has 0 amide bonds. The maximum atomic E-state index is 11.9. The summed E-state index contributed by atoms with van der Waals surface area (Å²) in [6.45, 7) is 1.92. The summed E-state index contributed by atoms with van der Waals surface area (Å²) in [7, 11) is 0. The van der Waals surface area contributed by atoms with Crippen molar-refractivity contribution in [1.82, 2.24) is 9.55 Å². The summed E-state index contributed by atoms with van der Waals surface area (Å²) < 4.78 is 7.48. The zero-order valence-corrected chi connectivity index (χ0v) is 15.3. The Morgan fingerprint density at radius 1 is 1.19 bits per heavy atom. The fourth-order valence-corrected chi connectivity index (χ4v) is 3.65. The van der Waals surface area contributed by atoms with Crippen LogP contribution < -0.4 is 0 Å². The number of esters is 1. The number of rotatable bonds is 5. The number of azo groups is 1. The van der Waals surface area contributed by atoms with Crippen molar-refractivity contribution in [2.45, 2.75) is 13.5 Å². The molecule has 0 aliphatic heterocycles. The second kappa shape index (κ2) is 7.16. The topological polar surface area (TPSA) is 89.1 Å². The van der Waals surface area contributed by atoms with Crippen LogP contribution in [0.2, 0.25) is 0 Å². The van der Waals surface area contributed by atoms with Gasteiger partial charge in [-0.1, -0.05) is 41.7 Å². The smallest absolute Gasteiger partial charge is 0.326 e. The molecule has 8 heteroatoms. The molecule has 0 radical (unpaired) electrons. The summed E-state index contributed by atoms with van der Waals surface area (Å²) >= 11 is 1.42. The molecule has 0 aliphatic carbocycles. The Kier molecular flexibility index (Phi) is 4.55. The van der Waals surface area contributed by atoms with Crippen LogP contribution in [0.5, 0.6) is 5.88 Å². The van der Waals surface area contributed by atoms with Gasteiger partial charge in [-0.3, -0.25) is 9.36 Å². The van der Waals surface area contributed by atoms with Crippen molar-refractivity contribution < 1.29 is 14.6 Å². The van der Waals surface area contributed by atoms with Gasteiger partial charge in [0, 0.05) is 5.39 Å². The van der Waals surface area contributed by atoms with Gasteiger partial charge in [-0.15, -0.1) is 10.2 Å². The fraction of sp³-hybridized carbons (Fsp3) is 0.158. The zero-order valence-electron chi connectivity index (χ0n) is 14.5. The zero-order chi connectivity index (χ0) is 18.8. The Balaban J connectivity index is 1.74. The van der Waals surface area contributed by atoms with Crippen molar-refractivity contribution in [3.8, 4) is 5.88 Å². The van der Waals surface area contributed by atoms with Crippen LogP contribution >= 0.6 is 11.3 Å². The molecule has 0 saturated heterocycles. The largest absolute Gasteiger partial charge is 0.493 e. The summed E-state index contributed by atoms with van der Waals surface area (Å²) in [6.07, 6.45) is 0. The Bertz CT molecular complexity index is 1130. The number of carbonyl (C=O) groups is 1. The minimum Gasteiger partial charge on any atom is -0.493 e. The summed E-state index contributed by atoms with van der Waals surface area (Å²) in [5.74, 6) is -0.558. The highest BCUT2D eigenvalue weighted by atomic mass is 32.1. The predicted molar refractivity (Wildman–Crippen MR) is 104 cm³/mol. The van der Waals surface area contributed by atoms with Crippen molar-refractivity contribution in [1.29, 1.82) is 0 Å². The van der Waals surface area contributed by atoms with E-state index in [0.717, 1.165) is 10.2 Å². The number of benzene rings is 2. The van der Waals surface area contributed by atoms with Crippen molar-refractivity contribution in [3.05, 3.63) is 48.5 Å². The molecule has 1 N–H and O–H groups in total. The number of hydrogen-bond acceptors (Lipinski definition) is 7. The number of thiazole rings is 1. The molecule has 2 aromatic heterocycles. The molecular formula is C19H16N4O3S. The summed E-state index contributed by atoms with van der Waals surface area (Å²) in [5.41, 5.74) is 1.83. The van der Waals surface area contributed by atoms with Crippen LogP contribution in [-0.4, -0.2) is 27.2 Å². The Morgan fingerprint density at radius 3 is 2.78 bits per heavy atom. The van der Waals surface area contributed by atoms with Gasteiger partial charge in [0.1, 0.15) is 6.54 Å². The first-order valence-corrected chi connectivity index (χ1v) is 9.22. The van der Waals surface area contributed by atoms with Gasteiger partial charge in [0.05, 0.1) is 22.3 Å². The van der Waals surface area contributed by atoms with Crippen molar-refractivity contribution >= 4 is 49.2 Å². The van der Waals surface area contributed by atoms with Crippen LogP contribution in [0.25, 0.3) is 21.1 Å². The van der Waals surface area contributed by atoms with Gasteiger partial charge in [-0.05, 0) is 25.1 Å². The van der Waals surface area contributed by atoms with E-state index < -0.39 is 5.97 Å². The van der Waals surface area contributed by atoms with Crippen molar-refractivity contribution in [3.63, 3.8) is 0 Å². The molecule has 2 heterocycles. The fourth-order valence-electron chi connectivity index (χ4n) is 2.86. The van der Waals surface area contributed by atoms with E-state index in [1.807, 2.05) is 48.5 Å². The molecule has 0 saturated carbocycles. The first-order valence-electron chi connectivity index (χ1n) is 8.40. The number of ether oxygens (including phenoxy) is 1. The monoisotopic (exact) mass is 380 g/mol. The summed E-state index contributed by atoms with van der Waals surface area (Å²) in [6, 6.07) is 15.0. The highest BCUT2D eigenvalue weighted by molar-refractivity contribution is 7.21. The molecule has 0 bridgehead atoms. The van der Waals surface area contributed by atoms with Gasteiger partial charge < -0.3 is 9.84 Å². The Hall–Kier alpha value is -3.26. The molecule has 7 nitrogen and oxygen atoms in total. The average molecular weight is 380 g/mol. The number of aromatic nitrogens is 2. The third-order valence-corrected chi connectivity index (χ3v) is 4.95. The lowest BCUT2D eigenvalue weighted by Gasteiger charge is -2.06. The molecule has 136 valence electrons. The summed E-state index contributed by atoms with van der Waals surface area (Å²) in [5, 5.41) is 20.2. The van der Waals surface area contributed by atoms with E-state index in [9.17, 15) is 9.90 Å². The molecule has 2 aromatic carbocycles. The predicted octanol–water partition coefficient (Wildman–Crippen LogP) is 4.94. The second-order valence-electron chi connectivity index (χ2n) is 5.74. The van der Waals surface area contributed by atoms with Gasteiger partial charge in [-0.2, -0.15) is 0 Å². The molecule has 4 rings (SSSR count). The van der Waals surface area contributed by atoms with Gasteiger partial charge in [-0.25, -0.2) is 4.98 Å². The van der Waals surface area contributed by atoms with Crippen LogP contribution in [0.15, 0.2) is 58.8 Å². The van der Waals surface area contributed by atoms with Gasteiger partial charge in [0.2, 0.25) is 11.0 Å². The van der Waals surface area contributed by atoms with Crippen LogP contribution in [0, 0.1) is 0 Å².